The van der Waals surface area contributed by atoms with E-state index in [9.17, 15) is 4.79 Å². The van der Waals surface area contributed by atoms with E-state index in [1.165, 1.54) is 5.56 Å². The van der Waals surface area contributed by atoms with Crippen molar-refractivity contribution < 1.29 is 4.79 Å². The summed E-state index contributed by atoms with van der Waals surface area (Å²) in [4.78, 5) is 11.7. The van der Waals surface area contributed by atoms with Gasteiger partial charge in [0, 0.05) is 14.1 Å². The first-order chi connectivity index (χ1) is 7.91. The van der Waals surface area contributed by atoms with Crippen molar-refractivity contribution in [1.82, 2.24) is 10.4 Å². The molecule has 0 spiro atoms. The van der Waals surface area contributed by atoms with Crippen LogP contribution in [0.2, 0.25) is 0 Å². The van der Waals surface area contributed by atoms with Crippen molar-refractivity contribution in [3.05, 3.63) is 35.4 Å². The molecule has 4 heteroatoms. The maximum absolute atomic E-state index is 11.7. The largest absolute Gasteiger partial charge is 0.316 e. The lowest BCUT2D eigenvalue weighted by Gasteiger charge is -2.17. The number of hydrogen-bond acceptors (Lipinski definition) is 3. The number of hydrogen-bond donors (Lipinski definition) is 2. The summed E-state index contributed by atoms with van der Waals surface area (Å²) in [7, 11) is 3.51. The average Bonchev–Trinajstić information content (AvgIpc) is 2.27. The molecule has 0 bridgehead atoms. The molecule has 0 heterocycles. The van der Waals surface area contributed by atoms with Gasteiger partial charge in [0.2, 0.25) is 0 Å². The lowest BCUT2D eigenvalue weighted by Crippen LogP contribution is -2.41. The van der Waals surface area contributed by atoms with Gasteiger partial charge in [0.25, 0.3) is 5.91 Å². The summed E-state index contributed by atoms with van der Waals surface area (Å²) in [6, 6.07) is 7.23. The molecule has 1 amide bonds. The summed E-state index contributed by atoms with van der Waals surface area (Å²) in [6.07, 6.45) is 0. The van der Waals surface area contributed by atoms with Crippen molar-refractivity contribution in [2.75, 3.05) is 14.1 Å². The molecule has 0 aliphatic carbocycles. The van der Waals surface area contributed by atoms with Gasteiger partial charge in [-0.15, -0.1) is 0 Å². The Labute approximate surface area is 103 Å². The molecule has 0 aromatic heterocycles. The smallest absolute Gasteiger partial charge is 0.255 e. The van der Waals surface area contributed by atoms with Crippen LogP contribution in [0.25, 0.3) is 0 Å². The molecular weight excluding hydrogens is 214 g/mol. The van der Waals surface area contributed by atoms with Crippen molar-refractivity contribution in [1.29, 1.82) is 0 Å². The predicted molar refractivity (Wildman–Crippen MR) is 69.3 cm³/mol. The number of hydrazine groups is 1. The quantitative estimate of drug-likeness (QED) is 0.776. The number of benzene rings is 1. The Kier molecular flexibility index (Phi) is 4.66. The number of nitrogens with one attached hydrogen (secondary N) is 1. The van der Waals surface area contributed by atoms with E-state index < -0.39 is 6.04 Å². The third-order valence-electron chi connectivity index (χ3n) is 2.58. The van der Waals surface area contributed by atoms with E-state index in [0.29, 0.717) is 5.92 Å². The van der Waals surface area contributed by atoms with Crippen molar-refractivity contribution >= 4 is 5.91 Å². The van der Waals surface area contributed by atoms with Crippen molar-refractivity contribution in [3.8, 4) is 0 Å². The molecule has 1 atom stereocenters. The maximum atomic E-state index is 11.7. The molecule has 4 nitrogen and oxygen atoms in total. The zero-order valence-electron chi connectivity index (χ0n) is 10.9. The van der Waals surface area contributed by atoms with Gasteiger partial charge in [-0.2, -0.15) is 0 Å². The summed E-state index contributed by atoms with van der Waals surface area (Å²) in [5.41, 5.74) is 10.6. The second-order valence-electron chi connectivity index (χ2n) is 4.67. The van der Waals surface area contributed by atoms with Gasteiger partial charge in [-0.25, -0.2) is 5.01 Å². The molecule has 1 rings (SSSR count). The van der Waals surface area contributed by atoms with Gasteiger partial charge >= 0.3 is 0 Å². The molecule has 0 fully saturated rings. The zero-order chi connectivity index (χ0) is 13.0. The summed E-state index contributed by atoms with van der Waals surface area (Å²) in [5, 5.41) is 1.59. The predicted octanol–water partition coefficient (Wildman–Crippen LogP) is 1.40. The Balaban J connectivity index is 2.75. The third-order valence-corrected chi connectivity index (χ3v) is 2.58. The van der Waals surface area contributed by atoms with Crippen LogP contribution < -0.4 is 11.2 Å². The van der Waals surface area contributed by atoms with Gasteiger partial charge < -0.3 is 5.73 Å². The molecule has 1 aromatic carbocycles. The fraction of sp³-hybridized carbons (Fsp3) is 0.462. The second kappa shape index (κ2) is 5.80. The van der Waals surface area contributed by atoms with E-state index in [0.717, 1.165) is 5.56 Å². The summed E-state index contributed by atoms with van der Waals surface area (Å²) < 4.78 is 0. The highest BCUT2D eigenvalue weighted by atomic mass is 16.2. The molecule has 1 unspecified atom stereocenters. The van der Waals surface area contributed by atoms with Crippen LogP contribution in [0.15, 0.2) is 24.3 Å². The van der Waals surface area contributed by atoms with E-state index in [1.54, 1.807) is 19.1 Å². The van der Waals surface area contributed by atoms with Crippen molar-refractivity contribution in [2.24, 2.45) is 5.73 Å². The minimum atomic E-state index is -0.626. The maximum Gasteiger partial charge on any atom is 0.255 e. The van der Waals surface area contributed by atoms with E-state index in [4.69, 9.17) is 5.73 Å². The van der Waals surface area contributed by atoms with Gasteiger partial charge in [-0.05, 0) is 17.0 Å². The molecule has 1 aromatic rings. The summed E-state index contributed by atoms with van der Waals surface area (Å²) in [5.74, 6) is 0.281. The van der Waals surface area contributed by atoms with Gasteiger partial charge in [0.15, 0.2) is 0 Å². The van der Waals surface area contributed by atoms with Gasteiger partial charge in [-0.1, -0.05) is 38.1 Å². The van der Waals surface area contributed by atoms with E-state index in [1.807, 2.05) is 24.3 Å². The highest BCUT2D eigenvalue weighted by Crippen LogP contribution is 2.17. The Bertz CT molecular complexity index is 371. The molecule has 17 heavy (non-hydrogen) atoms. The van der Waals surface area contributed by atoms with Crippen LogP contribution in [0, 0.1) is 0 Å². The number of rotatable bonds is 4. The molecule has 3 N–H and O–H groups in total. The number of amides is 1. The van der Waals surface area contributed by atoms with E-state index >= 15 is 0 Å². The fourth-order valence-corrected chi connectivity index (χ4v) is 1.53. The topological polar surface area (TPSA) is 58.4 Å². The minimum Gasteiger partial charge on any atom is -0.316 e. The van der Waals surface area contributed by atoms with Gasteiger partial charge in [0.05, 0.1) is 0 Å². The first-order valence-electron chi connectivity index (χ1n) is 5.75. The molecular formula is C13H21N3O. The SMILES string of the molecule is CC(C)c1ccc(C(N)C(=O)NN(C)C)cc1. The number of nitrogens with two attached hydrogens (primary N) is 1. The van der Waals surface area contributed by atoms with Gasteiger partial charge in [0.1, 0.15) is 6.04 Å². The average molecular weight is 235 g/mol. The normalized spacial score (nSPS) is 12.9. The molecule has 0 aliphatic heterocycles. The Morgan fingerprint density at radius 2 is 1.65 bits per heavy atom. The van der Waals surface area contributed by atoms with Gasteiger partial charge in [-0.3, -0.25) is 10.2 Å². The highest BCUT2D eigenvalue weighted by Gasteiger charge is 2.16. The van der Waals surface area contributed by atoms with Crippen LogP contribution >= 0.6 is 0 Å². The molecule has 94 valence electrons. The second-order valence-corrected chi connectivity index (χ2v) is 4.67. The first-order valence-corrected chi connectivity index (χ1v) is 5.75. The highest BCUT2D eigenvalue weighted by molar-refractivity contribution is 5.82. The minimum absolute atomic E-state index is 0.202. The number of nitrogens with zero attached hydrogens (tertiary/aromatic N) is 1. The van der Waals surface area contributed by atoms with Crippen molar-refractivity contribution in [2.45, 2.75) is 25.8 Å². The van der Waals surface area contributed by atoms with Crippen LogP contribution in [-0.4, -0.2) is 25.0 Å². The zero-order valence-corrected chi connectivity index (χ0v) is 10.9. The summed E-state index contributed by atoms with van der Waals surface area (Å²) in [6.45, 7) is 4.27. The number of carbonyl (C=O) groups is 1. The standard InChI is InChI=1S/C13H21N3O/c1-9(2)10-5-7-11(8-6-10)12(14)13(17)15-16(3)4/h5-9,12H,14H2,1-4H3,(H,15,17). The third kappa shape index (κ3) is 3.84. The molecule has 0 aliphatic rings. The Morgan fingerprint density at radius 1 is 1.18 bits per heavy atom. The summed E-state index contributed by atoms with van der Waals surface area (Å²) >= 11 is 0. The van der Waals surface area contributed by atoms with E-state index in [2.05, 4.69) is 19.3 Å². The van der Waals surface area contributed by atoms with Crippen LogP contribution in [0.3, 0.4) is 0 Å². The van der Waals surface area contributed by atoms with Crippen LogP contribution in [0.1, 0.15) is 36.9 Å². The van der Waals surface area contributed by atoms with Crippen LogP contribution in [-0.2, 0) is 4.79 Å². The molecule has 0 radical (unpaired) electrons. The molecule has 0 saturated carbocycles. The molecule has 0 saturated heterocycles. The monoisotopic (exact) mass is 235 g/mol. The van der Waals surface area contributed by atoms with Crippen molar-refractivity contribution in [3.63, 3.8) is 0 Å². The lowest BCUT2D eigenvalue weighted by atomic mass is 9.99. The van der Waals surface area contributed by atoms with E-state index in [-0.39, 0.29) is 5.91 Å². The Morgan fingerprint density at radius 3 is 2.06 bits per heavy atom. The fourth-order valence-electron chi connectivity index (χ4n) is 1.53. The van der Waals surface area contributed by atoms with Crippen LogP contribution in [0.5, 0.6) is 0 Å². The first kappa shape index (κ1) is 13.7. The number of carbonyl (C=O) groups excluding carboxylic acids is 1. The lowest BCUT2D eigenvalue weighted by molar-refractivity contribution is -0.126. The van der Waals surface area contributed by atoms with Crippen LogP contribution in [0.4, 0.5) is 0 Å². The Hall–Kier alpha value is -1.39.